The van der Waals surface area contributed by atoms with E-state index in [2.05, 4.69) is 10.6 Å². The van der Waals surface area contributed by atoms with Gasteiger partial charge in [-0.15, -0.1) is 0 Å². The molecule has 0 aliphatic heterocycles. The fraction of sp³-hybridized carbons (Fsp3) is 0.130. The Hall–Kier alpha value is -3.11. The van der Waals surface area contributed by atoms with Gasteiger partial charge in [-0.3, -0.25) is 9.59 Å². The lowest BCUT2D eigenvalue weighted by molar-refractivity contribution is -0.114. The molecule has 28 heavy (non-hydrogen) atoms. The number of Topliss-reactive ketones (excluding diaryl/α,β-unsaturated/α-hetero) is 1. The highest BCUT2D eigenvalue weighted by atomic mass is 35.5. The van der Waals surface area contributed by atoms with Gasteiger partial charge in [0.2, 0.25) is 0 Å². The lowest BCUT2D eigenvalue weighted by atomic mass is 10.1. The van der Waals surface area contributed by atoms with E-state index in [0.717, 1.165) is 33.4 Å². The number of benzene rings is 3. The molecule has 2 N–H and O–H groups in total. The van der Waals surface area contributed by atoms with Crippen LogP contribution in [-0.2, 0) is 4.79 Å². The van der Waals surface area contributed by atoms with Crippen molar-refractivity contribution in [2.75, 3.05) is 10.6 Å². The van der Waals surface area contributed by atoms with Gasteiger partial charge in [0.25, 0.3) is 5.91 Å². The summed E-state index contributed by atoms with van der Waals surface area (Å²) in [6, 6.07) is 18.9. The van der Waals surface area contributed by atoms with Crippen molar-refractivity contribution in [1.82, 2.24) is 0 Å². The first-order valence-corrected chi connectivity index (χ1v) is 9.49. The van der Waals surface area contributed by atoms with Crippen LogP contribution >= 0.6 is 11.6 Å². The van der Waals surface area contributed by atoms with Crippen molar-refractivity contribution in [3.63, 3.8) is 0 Å². The van der Waals surface area contributed by atoms with Crippen molar-refractivity contribution in [2.24, 2.45) is 0 Å². The zero-order valence-electron chi connectivity index (χ0n) is 15.4. The topological polar surface area (TPSA) is 58.2 Å². The number of allylic oxidation sites excluding steroid dienone is 2. The van der Waals surface area contributed by atoms with Gasteiger partial charge in [-0.1, -0.05) is 48.0 Å². The minimum absolute atomic E-state index is 0.166. The molecule has 0 radical (unpaired) electrons. The van der Waals surface area contributed by atoms with Gasteiger partial charge in [-0.25, -0.2) is 0 Å². The number of rotatable bonds is 4. The second-order valence-electron chi connectivity index (χ2n) is 6.83. The number of halogens is 1. The van der Waals surface area contributed by atoms with Crippen molar-refractivity contribution in [3.05, 3.63) is 82.5 Å². The monoisotopic (exact) mass is 390 g/mol. The lowest BCUT2D eigenvalue weighted by Gasteiger charge is -2.12. The average molecular weight is 391 g/mol. The number of carbonyl (C=O) groups excluding carboxylic acids is 2. The summed E-state index contributed by atoms with van der Waals surface area (Å²) in [5, 5.41) is 8.58. The van der Waals surface area contributed by atoms with Gasteiger partial charge in [-0.05, 0) is 43.0 Å². The number of amides is 1. The van der Waals surface area contributed by atoms with E-state index >= 15 is 0 Å². The Labute approximate surface area is 168 Å². The molecule has 3 aromatic carbocycles. The summed E-state index contributed by atoms with van der Waals surface area (Å²) in [6.45, 7) is 1.82. The van der Waals surface area contributed by atoms with Crippen LogP contribution in [0.5, 0.6) is 0 Å². The van der Waals surface area contributed by atoms with Gasteiger partial charge in [0, 0.05) is 34.5 Å². The minimum atomic E-state index is -0.264. The maximum Gasteiger partial charge on any atom is 0.257 e. The van der Waals surface area contributed by atoms with Gasteiger partial charge in [0.15, 0.2) is 5.78 Å². The number of ketones is 1. The molecule has 3 aromatic rings. The van der Waals surface area contributed by atoms with Crippen LogP contribution in [0, 0.1) is 0 Å². The predicted octanol–water partition coefficient (Wildman–Crippen LogP) is 5.79. The summed E-state index contributed by atoms with van der Waals surface area (Å²) in [5.74, 6) is -0.0981. The molecule has 0 spiro atoms. The molecule has 5 heteroatoms. The molecule has 0 heterocycles. The molecule has 4 nitrogen and oxygen atoms in total. The summed E-state index contributed by atoms with van der Waals surface area (Å²) >= 11 is 6.38. The van der Waals surface area contributed by atoms with Gasteiger partial charge in [0.05, 0.1) is 10.6 Å². The molecule has 0 aromatic heterocycles. The molecule has 0 fully saturated rings. The van der Waals surface area contributed by atoms with Crippen LogP contribution in [0.2, 0.25) is 5.02 Å². The van der Waals surface area contributed by atoms with Crippen molar-refractivity contribution >= 4 is 45.4 Å². The van der Waals surface area contributed by atoms with Gasteiger partial charge < -0.3 is 10.6 Å². The van der Waals surface area contributed by atoms with Crippen LogP contribution in [0.3, 0.4) is 0 Å². The van der Waals surface area contributed by atoms with E-state index in [1.54, 1.807) is 18.2 Å². The number of anilines is 2. The molecular weight excluding hydrogens is 372 g/mol. The minimum Gasteiger partial charge on any atom is -0.359 e. The lowest BCUT2D eigenvalue weighted by Crippen LogP contribution is -2.13. The highest BCUT2D eigenvalue weighted by molar-refractivity contribution is 6.34. The van der Waals surface area contributed by atoms with Crippen LogP contribution in [-0.4, -0.2) is 11.7 Å². The van der Waals surface area contributed by atoms with E-state index in [9.17, 15) is 9.59 Å². The summed E-state index contributed by atoms with van der Waals surface area (Å²) in [5.41, 5.74) is 3.57. The number of fused-ring (bicyclic) bond motifs is 1. The van der Waals surface area contributed by atoms with Gasteiger partial charge in [-0.2, -0.15) is 0 Å². The van der Waals surface area contributed by atoms with Crippen LogP contribution in [0.1, 0.15) is 30.1 Å². The van der Waals surface area contributed by atoms with E-state index in [1.807, 2.05) is 49.4 Å². The molecule has 0 saturated carbocycles. The summed E-state index contributed by atoms with van der Waals surface area (Å²) < 4.78 is 0. The Balaban J connectivity index is 1.56. The van der Waals surface area contributed by atoms with E-state index in [0.29, 0.717) is 23.4 Å². The first kappa shape index (κ1) is 18.3. The maximum absolute atomic E-state index is 12.8. The quantitative estimate of drug-likeness (QED) is 0.592. The van der Waals surface area contributed by atoms with Crippen molar-refractivity contribution < 1.29 is 9.59 Å². The Bertz CT molecular complexity index is 1130. The van der Waals surface area contributed by atoms with Crippen LogP contribution in [0.4, 0.5) is 11.4 Å². The number of nitrogens with one attached hydrogen (secondary N) is 2. The first-order valence-electron chi connectivity index (χ1n) is 9.11. The maximum atomic E-state index is 12.8. The highest BCUT2D eigenvalue weighted by Gasteiger charge is 2.19. The normalized spacial score (nSPS) is 13.9. The number of carbonyl (C=O) groups is 2. The second-order valence-corrected chi connectivity index (χ2v) is 7.23. The Kier molecular flexibility index (Phi) is 4.88. The fourth-order valence-electron chi connectivity index (χ4n) is 3.41. The summed E-state index contributed by atoms with van der Waals surface area (Å²) in [4.78, 5) is 24.4. The van der Waals surface area contributed by atoms with Crippen molar-refractivity contribution in [3.8, 4) is 0 Å². The van der Waals surface area contributed by atoms with Crippen LogP contribution in [0.15, 0.2) is 71.9 Å². The molecule has 1 amide bonds. The molecule has 4 rings (SSSR count). The number of hydrogen-bond acceptors (Lipinski definition) is 3. The van der Waals surface area contributed by atoms with Gasteiger partial charge >= 0.3 is 0 Å². The molecule has 0 saturated heterocycles. The number of hydrogen-bond donors (Lipinski definition) is 2. The average Bonchev–Trinajstić information content (AvgIpc) is 3.00. The molecule has 1 aliphatic rings. The zero-order chi connectivity index (χ0) is 19.7. The fourth-order valence-corrected chi connectivity index (χ4v) is 3.68. The third-order valence-corrected chi connectivity index (χ3v) is 5.33. The molecule has 140 valence electrons. The Morgan fingerprint density at radius 3 is 2.54 bits per heavy atom. The van der Waals surface area contributed by atoms with E-state index in [1.165, 1.54) is 0 Å². The second kappa shape index (κ2) is 7.49. The summed E-state index contributed by atoms with van der Waals surface area (Å²) in [6.07, 6.45) is 1.24. The predicted molar refractivity (Wildman–Crippen MR) is 114 cm³/mol. The van der Waals surface area contributed by atoms with E-state index in [-0.39, 0.29) is 11.7 Å². The Morgan fingerprint density at radius 2 is 1.79 bits per heavy atom. The van der Waals surface area contributed by atoms with Crippen LogP contribution < -0.4 is 10.6 Å². The van der Waals surface area contributed by atoms with E-state index in [4.69, 9.17) is 11.6 Å². The first-order chi connectivity index (χ1) is 13.5. The summed E-state index contributed by atoms with van der Waals surface area (Å²) in [7, 11) is 0. The Morgan fingerprint density at radius 1 is 1.00 bits per heavy atom. The van der Waals surface area contributed by atoms with Crippen molar-refractivity contribution in [1.29, 1.82) is 0 Å². The van der Waals surface area contributed by atoms with Gasteiger partial charge in [0.1, 0.15) is 0 Å². The molecule has 0 atom stereocenters. The third-order valence-electron chi connectivity index (χ3n) is 5.02. The smallest absolute Gasteiger partial charge is 0.257 e. The van der Waals surface area contributed by atoms with Crippen molar-refractivity contribution in [2.45, 2.75) is 19.8 Å². The molecule has 0 unspecified atom stereocenters. The van der Waals surface area contributed by atoms with E-state index < -0.39 is 0 Å². The molecule has 0 bridgehead atoms. The standard InChI is InChI=1S/C23H19ClN2O2/c1-14-20(11-12-22(14)27)25-16-9-10-18(19(24)13-16)23(28)26-21-8-4-6-15-5-2-3-7-17(15)21/h2-10,13,25H,11-12H2,1H3,(H,26,28). The molecular formula is C23H19ClN2O2. The highest BCUT2D eigenvalue weighted by Crippen LogP contribution is 2.28. The SMILES string of the molecule is CC1=C(Nc2ccc(C(=O)Nc3cccc4ccccc34)c(Cl)c2)CCC1=O. The third kappa shape index (κ3) is 3.51. The largest absolute Gasteiger partial charge is 0.359 e. The zero-order valence-corrected chi connectivity index (χ0v) is 16.1. The van der Waals surface area contributed by atoms with Crippen LogP contribution in [0.25, 0.3) is 10.8 Å². The molecule has 1 aliphatic carbocycles.